The maximum Gasteiger partial charge on any atom is 0.272 e. The molecule has 0 spiro atoms. The minimum atomic E-state index is -0.228. The van der Waals surface area contributed by atoms with Gasteiger partial charge in [-0.2, -0.15) is 0 Å². The van der Waals surface area contributed by atoms with Crippen LogP contribution in [0, 0.1) is 13.8 Å². The van der Waals surface area contributed by atoms with Crippen LogP contribution in [0.5, 0.6) is 5.88 Å². The van der Waals surface area contributed by atoms with Gasteiger partial charge in [0.15, 0.2) is 5.69 Å². The van der Waals surface area contributed by atoms with Crippen molar-refractivity contribution in [3.05, 3.63) is 53.2 Å². The molecule has 0 aromatic carbocycles. The minimum Gasteiger partial charge on any atom is -0.472 e. The van der Waals surface area contributed by atoms with E-state index in [4.69, 9.17) is 14.0 Å². The number of nitrogens with zero attached hydrogens (tertiary/aromatic N) is 4. The second kappa shape index (κ2) is 9.86. The normalized spacial score (nSPS) is 18.3. The topological polar surface area (TPSA) is 112 Å². The van der Waals surface area contributed by atoms with Crippen LogP contribution in [0.2, 0.25) is 0 Å². The third kappa shape index (κ3) is 5.11. The lowest BCUT2D eigenvalue weighted by molar-refractivity contribution is 0.0598. The first-order valence-electron chi connectivity index (χ1n) is 10.7. The highest BCUT2D eigenvalue weighted by Crippen LogP contribution is 2.26. The average Bonchev–Trinajstić information content (AvgIpc) is 3.19. The Bertz CT molecular complexity index is 1040. The van der Waals surface area contributed by atoms with Crippen LogP contribution in [0.1, 0.15) is 53.2 Å². The van der Waals surface area contributed by atoms with E-state index in [1.807, 2.05) is 26.0 Å². The van der Waals surface area contributed by atoms with E-state index in [0.717, 1.165) is 42.5 Å². The summed E-state index contributed by atoms with van der Waals surface area (Å²) in [6.45, 7) is 3.97. The first kappa shape index (κ1) is 21.9. The van der Waals surface area contributed by atoms with Crippen LogP contribution < -0.4 is 10.1 Å². The van der Waals surface area contributed by atoms with Crippen molar-refractivity contribution in [2.75, 3.05) is 7.11 Å². The number of pyridine rings is 1. The fourth-order valence-electron chi connectivity index (χ4n) is 3.76. The van der Waals surface area contributed by atoms with Gasteiger partial charge < -0.3 is 19.3 Å². The standard InChI is InChI=1S/C23H27N5O4/c1-14-4-5-16(12-24-14)22-19(15(2)32-28-22)13-31-21-11-10-20(26-27-21)23(29)25-17-6-8-18(30-3)9-7-17/h4-5,10-12,17-18H,6-9,13H2,1-3H3,(H,25,29)/t17-,18-. The third-order valence-corrected chi connectivity index (χ3v) is 5.75. The number of carbonyl (C=O) groups excluding carboxylic acids is 1. The van der Waals surface area contributed by atoms with Crippen LogP contribution in [-0.4, -0.2) is 45.5 Å². The number of ether oxygens (including phenoxy) is 2. The first-order chi connectivity index (χ1) is 15.5. The van der Waals surface area contributed by atoms with Crippen LogP contribution in [0.3, 0.4) is 0 Å². The molecule has 1 N–H and O–H groups in total. The van der Waals surface area contributed by atoms with Crippen molar-refractivity contribution >= 4 is 5.91 Å². The van der Waals surface area contributed by atoms with Gasteiger partial charge in [0.2, 0.25) is 5.88 Å². The fourth-order valence-corrected chi connectivity index (χ4v) is 3.76. The number of rotatable bonds is 7. The number of hydrogen-bond acceptors (Lipinski definition) is 8. The van der Waals surface area contributed by atoms with Gasteiger partial charge in [-0.15, -0.1) is 10.2 Å². The van der Waals surface area contributed by atoms with E-state index in [-0.39, 0.29) is 30.4 Å². The molecule has 0 aliphatic heterocycles. The van der Waals surface area contributed by atoms with Crippen LogP contribution in [-0.2, 0) is 11.3 Å². The summed E-state index contributed by atoms with van der Waals surface area (Å²) in [5.74, 6) is 0.748. The Labute approximate surface area is 186 Å². The number of amides is 1. The number of aromatic nitrogens is 4. The van der Waals surface area contributed by atoms with Crippen molar-refractivity contribution in [1.29, 1.82) is 0 Å². The van der Waals surface area contributed by atoms with Crippen LogP contribution in [0.15, 0.2) is 35.0 Å². The molecule has 1 saturated carbocycles. The smallest absolute Gasteiger partial charge is 0.272 e. The van der Waals surface area contributed by atoms with Crippen LogP contribution in [0.25, 0.3) is 11.3 Å². The van der Waals surface area contributed by atoms with E-state index < -0.39 is 0 Å². The lowest BCUT2D eigenvalue weighted by atomic mass is 9.93. The van der Waals surface area contributed by atoms with E-state index in [9.17, 15) is 4.79 Å². The van der Waals surface area contributed by atoms with Gasteiger partial charge in [0.1, 0.15) is 18.1 Å². The summed E-state index contributed by atoms with van der Waals surface area (Å²) < 4.78 is 16.5. The highest BCUT2D eigenvalue weighted by Gasteiger charge is 2.23. The quantitative estimate of drug-likeness (QED) is 0.598. The zero-order chi connectivity index (χ0) is 22.5. The molecule has 1 amide bonds. The van der Waals surface area contributed by atoms with Crippen molar-refractivity contribution < 1.29 is 18.8 Å². The molecule has 3 heterocycles. The van der Waals surface area contributed by atoms with E-state index >= 15 is 0 Å². The molecule has 0 unspecified atom stereocenters. The summed E-state index contributed by atoms with van der Waals surface area (Å²) in [4.78, 5) is 16.8. The average molecular weight is 438 g/mol. The largest absolute Gasteiger partial charge is 0.472 e. The zero-order valence-electron chi connectivity index (χ0n) is 18.5. The van der Waals surface area contributed by atoms with Crippen molar-refractivity contribution in [1.82, 2.24) is 25.7 Å². The van der Waals surface area contributed by atoms with E-state index in [0.29, 0.717) is 17.3 Å². The van der Waals surface area contributed by atoms with Gasteiger partial charge in [-0.3, -0.25) is 9.78 Å². The highest BCUT2D eigenvalue weighted by atomic mass is 16.5. The van der Waals surface area contributed by atoms with Gasteiger partial charge in [-0.25, -0.2) is 0 Å². The second-order valence-electron chi connectivity index (χ2n) is 7.98. The summed E-state index contributed by atoms with van der Waals surface area (Å²) in [5, 5.41) is 15.2. The van der Waals surface area contributed by atoms with Gasteiger partial charge in [0, 0.05) is 36.7 Å². The van der Waals surface area contributed by atoms with Crippen molar-refractivity contribution in [3.63, 3.8) is 0 Å². The molecule has 1 aliphatic carbocycles. The molecule has 3 aromatic heterocycles. The molecule has 0 atom stereocenters. The molecule has 32 heavy (non-hydrogen) atoms. The Morgan fingerprint density at radius 1 is 1.12 bits per heavy atom. The van der Waals surface area contributed by atoms with Gasteiger partial charge >= 0.3 is 0 Å². The molecule has 0 saturated heterocycles. The zero-order valence-corrected chi connectivity index (χ0v) is 18.5. The molecule has 9 heteroatoms. The molecule has 4 rings (SSSR count). The van der Waals surface area contributed by atoms with E-state index in [2.05, 4.69) is 25.7 Å². The van der Waals surface area contributed by atoms with Gasteiger partial charge in [-0.05, 0) is 57.7 Å². The summed E-state index contributed by atoms with van der Waals surface area (Å²) in [7, 11) is 1.73. The number of methoxy groups -OCH3 is 1. The van der Waals surface area contributed by atoms with Gasteiger partial charge in [-0.1, -0.05) is 5.16 Å². The van der Waals surface area contributed by atoms with Gasteiger partial charge in [0.05, 0.1) is 11.7 Å². The number of aryl methyl sites for hydroxylation is 2. The molecule has 3 aromatic rings. The summed E-state index contributed by atoms with van der Waals surface area (Å²) in [6, 6.07) is 7.25. The van der Waals surface area contributed by atoms with Crippen molar-refractivity contribution in [2.24, 2.45) is 0 Å². The molecule has 168 valence electrons. The number of hydrogen-bond donors (Lipinski definition) is 1. The number of nitrogens with one attached hydrogen (secondary N) is 1. The maximum absolute atomic E-state index is 12.5. The highest BCUT2D eigenvalue weighted by molar-refractivity contribution is 5.92. The summed E-state index contributed by atoms with van der Waals surface area (Å²) in [6.07, 6.45) is 5.73. The SMILES string of the molecule is CO[C@H]1CC[C@H](NC(=O)c2ccc(OCc3c(-c4ccc(C)nc4)noc3C)nn2)CC1. The van der Waals surface area contributed by atoms with Crippen LogP contribution >= 0.6 is 0 Å². The Morgan fingerprint density at radius 3 is 2.59 bits per heavy atom. The Morgan fingerprint density at radius 2 is 1.94 bits per heavy atom. The third-order valence-electron chi connectivity index (χ3n) is 5.75. The lowest BCUT2D eigenvalue weighted by Gasteiger charge is -2.27. The molecule has 1 aliphatic rings. The minimum absolute atomic E-state index is 0.137. The van der Waals surface area contributed by atoms with Crippen molar-refractivity contribution in [2.45, 2.75) is 58.3 Å². The van der Waals surface area contributed by atoms with E-state index in [1.165, 1.54) is 0 Å². The van der Waals surface area contributed by atoms with E-state index in [1.54, 1.807) is 25.4 Å². The molecule has 0 radical (unpaired) electrons. The predicted octanol–water partition coefficient (Wildman–Crippen LogP) is 3.41. The molecule has 9 nitrogen and oxygen atoms in total. The maximum atomic E-state index is 12.5. The summed E-state index contributed by atoms with van der Waals surface area (Å²) in [5.41, 5.74) is 3.53. The fraction of sp³-hybridized carbons (Fsp3) is 0.435. The second-order valence-corrected chi connectivity index (χ2v) is 7.98. The Hall–Kier alpha value is -3.33. The summed E-state index contributed by atoms with van der Waals surface area (Å²) >= 11 is 0. The molecule has 1 fully saturated rings. The molecular formula is C23H27N5O4. The van der Waals surface area contributed by atoms with Crippen LogP contribution in [0.4, 0.5) is 0 Å². The monoisotopic (exact) mass is 437 g/mol. The van der Waals surface area contributed by atoms with Gasteiger partial charge in [0.25, 0.3) is 5.91 Å². The predicted molar refractivity (Wildman–Crippen MR) is 116 cm³/mol. The molecule has 0 bridgehead atoms. The lowest BCUT2D eigenvalue weighted by Crippen LogP contribution is -2.39. The van der Waals surface area contributed by atoms with Crippen molar-refractivity contribution in [3.8, 4) is 17.1 Å². The molecular weight excluding hydrogens is 410 g/mol. The number of carbonyl (C=O) groups is 1. The first-order valence-corrected chi connectivity index (χ1v) is 10.7. The Balaban J connectivity index is 1.35. The Kier molecular flexibility index (Phi) is 6.75.